The largest absolute Gasteiger partial charge is 0.345 e. The van der Waals surface area contributed by atoms with Gasteiger partial charge in [0, 0.05) is 44.7 Å². The summed E-state index contributed by atoms with van der Waals surface area (Å²) in [5, 5.41) is 4.43. The van der Waals surface area contributed by atoms with E-state index in [0.717, 1.165) is 43.0 Å². The molecule has 2 aliphatic rings. The van der Waals surface area contributed by atoms with Crippen LogP contribution in [0.2, 0.25) is 0 Å². The van der Waals surface area contributed by atoms with Gasteiger partial charge < -0.3 is 4.90 Å². The molecule has 4 rings (SSSR count). The summed E-state index contributed by atoms with van der Waals surface area (Å²) < 4.78 is 3.09. The van der Waals surface area contributed by atoms with Gasteiger partial charge in [0.15, 0.2) is 0 Å². The minimum absolute atomic E-state index is 0.0270. The molecular formula is C19H26N6O2. The van der Waals surface area contributed by atoms with E-state index in [1.54, 1.807) is 17.8 Å². The second-order valence-corrected chi connectivity index (χ2v) is 7.60. The number of hydrogen-bond donors (Lipinski definition) is 0. The topological polar surface area (TPSA) is 85.9 Å². The zero-order valence-electron chi connectivity index (χ0n) is 16.2. The molecule has 1 amide bonds. The second kappa shape index (κ2) is 6.90. The highest BCUT2D eigenvalue weighted by molar-refractivity contribution is 5.95. The molecule has 1 aliphatic heterocycles. The van der Waals surface area contributed by atoms with E-state index in [2.05, 4.69) is 15.1 Å². The maximum absolute atomic E-state index is 13.1. The molecule has 3 heterocycles. The van der Waals surface area contributed by atoms with Crippen molar-refractivity contribution in [2.45, 2.75) is 57.9 Å². The number of amides is 1. The van der Waals surface area contributed by atoms with Gasteiger partial charge in [0.1, 0.15) is 11.6 Å². The molecule has 8 nitrogen and oxygen atoms in total. The smallest absolute Gasteiger partial charge is 0.338 e. The van der Waals surface area contributed by atoms with Crippen molar-refractivity contribution in [2.75, 3.05) is 13.1 Å². The molecule has 1 aliphatic carbocycles. The van der Waals surface area contributed by atoms with Gasteiger partial charge in [0.25, 0.3) is 5.91 Å². The number of piperidine rings is 1. The average Bonchev–Trinajstić information content (AvgIpc) is 3.48. The number of aromatic nitrogens is 5. The van der Waals surface area contributed by atoms with Gasteiger partial charge >= 0.3 is 5.69 Å². The molecule has 1 saturated heterocycles. The lowest BCUT2D eigenvalue weighted by molar-refractivity contribution is 0.0701. The van der Waals surface area contributed by atoms with E-state index >= 15 is 0 Å². The Morgan fingerprint density at radius 2 is 2.04 bits per heavy atom. The number of carbonyl (C=O) groups excluding carboxylic acids is 1. The predicted molar refractivity (Wildman–Crippen MR) is 99.8 cm³/mol. The Morgan fingerprint density at radius 1 is 1.26 bits per heavy atom. The molecule has 0 radical (unpaired) electrons. The molecule has 0 bridgehead atoms. The fourth-order valence-corrected chi connectivity index (χ4v) is 3.90. The van der Waals surface area contributed by atoms with Crippen molar-refractivity contribution in [3.05, 3.63) is 39.6 Å². The van der Waals surface area contributed by atoms with Crippen molar-refractivity contribution in [3.63, 3.8) is 0 Å². The summed E-state index contributed by atoms with van der Waals surface area (Å²) in [5.41, 5.74) is 1.23. The van der Waals surface area contributed by atoms with Crippen LogP contribution in [0.25, 0.3) is 0 Å². The third-order valence-corrected chi connectivity index (χ3v) is 5.60. The summed E-state index contributed by atoms with van der Waals surface area (Å²) in [6, 6.07) is 0. The third kappa shape index (κ3) is 3.28. The lowest BCUT2D eigenvalue weighted by Crippen LogP contribution is -2.40. The lowest BCUT2D eigenvalue weighted by atomic mass is 9.96. The molecule has 1 atom stereocenters. The Labute approximate surface area is 158 Å². The van der Waals surface area contributed by atoms with Crippen molar-refractivity contribution in [3.8, 4) is 0 Å². The van der Waals surface area contributed by atoms with Crippen LogP contribution in [0.1, 0.15) is 72.1 Å². The maximum atomic E-state index is 13.1. The summed E-state index contributed by atoms with van der Waals surface area (Å²) >= 11 is 0. The van der Waals surface area contributed by atoms with Crippen molar-refractivity contribution >= 4 is 5.91 Å². The fourth-order valence-electron chi connectivity index (χ4n) is 3.90. The van der Waals surface area contributed by atoms with Crippen LogP contribution in [-0.4, -0.2) is 48.2 Å². The summed E-state index contributed by atoms with van der Waals surface area (Å²) in [6.07, 6.45) is 5.79. The van der Waals surface area contributed by atoms with E-state index < -0.39 is 0 Å². The van der Waals surface area contributed by atoms with Gasteiger partial charge in [-0.05, 0) is 39.5 Å². The van der Waals surface area contributed by atoms with Crippen LogP contribution in [0.5, 0.6) is 0 Å². The second-order valence-electron chi connectivity index (χ2n) is 7.60. The Bertz CT molecular complexity index is 927. The van der Waals surface area contributed by atoms with Crippen LogP contribution in [0.3, 0.4) is 0 Å². The maximum Gasteiger partial charge on any atom is 0.345 e. The van der Waals surface area contributed by atoms with Gasteiger partial charge in [-0.3, -0.25) is 9.36 Å². The van der Waals surface area contributed by atoms with Crippen LogP contribution in [0.15, 0.2) is 11.0 Å². The molecule has 0 aromatic carbocycles. The quantitative estimate of drug-likeness (QED) is 0.816. The van der Waals surface area contributed by atoms with Crippen LogP contribution >= 0.6 is 0 Å². The first-order chi connectivity index (χ1) is 13.0. The molecule has 2 aromatic heterocycles. The monoisotopic (exact) mass is 370 g/mol. The van der Waals surface area contributed by atoms with E-state index in [1.807, 2.05) is 18.7 Å². The van der Waals surface area contributed by atoms with E-state index in [9.17, 15) is 9.59 Å². The minimum Gasteiger partial charge on any atom is -0.338 e. The SMILES string of the molecule is CCn1c(C2CCCN(C(=O)c3cnc(C4CC4)nc3C)C2)nn(C)c1=O. The van der Waals surface area contributed by atoms with Crippen LogP contribution < -0.4 is 5.69 Å². The van der Waals surface area contributed by atoms with Gasteiger partial charge in [-0.2, -0.15) is 5.10 Å². The summed E-state index contributed by atoms with van der Waals surface area (Å²) in [7, 11) is 1.67. The van der Waals surface area contributed by atoms with Crippen molar-refractivity contribution in [1.82, 2.24) is 29.2 Å². The average molecular weight is 370 g/mol. The molecule has 0 N–H and O–H groups in total. The molecule has 1 unspecified atom stereocenters. The van der Waals surface area contributed by atoms with E-state index in [-0.39, 0.29) is 17.5 Å². The van der Waals surface area contributed by atoms with Crippen molar-refractivity contribution in [2.24, 2.45) is 7.05 Å². The lowest BCUT2D eigenvalue weighted by Gasteiger charge is -2.32. The number of rotatable bonds is 4. The molecule has 27 heavy (non-hydrogen) atoms. The normalized spacial score (nSPS) is 20.1. The van der Waals surface area contributed by atoms with Crippen LogP contribution in [-0.2, 0) is 13.6 Å². The highest BCUT2D eigenvalue weighted by atomic mass is 16.2. The van der Waals surface area contributed by atoms with Gasteiger partial charge in [-0.15, -0.1) is 0 Å². The zero-order valence-corrected chi connectivity index (χ0v) is 16.2. The Morgan fingerprint density at radius 3 is 2.70 bits per heavy atom. The van der Waals surface area contributed by atoms with E-state index in [4.69, 9.17) is 0 Å². The first-order valence-electron chi connectivity index (χ1n) is 9.76. The van der Waals surface area contributed by atoms with Crippen LogP contribution in [0.4, 0.5) is 0 Å². The molecule has 8 heteroatoms. The van der Waals surface area contributed by atoms with Crippen LogP contribution in [0, 0.1) is 6.92 Å². The van der Waals surface area contributed by atoms with E-state index in [0.29, 0.717) is 31.1 Å². The van der Waals surface area contributed by atoms with Gasteiger partial charge in [0.2, 0.25) is 0 Å². The highest BCUT2D eigenvalue weighted by Crippen LogP contribution is 2.38. The third-order valence-electron chi connectivity index (χ3n) is 5.60. The molecular weight excluding hydrogens is 344 g/mol. The molecule has 144 valence electrons. The Hall–Kier alpha value is -2.51. The first kappa shape index (κ1) is 17.9. The first-order valence-corrected chi connectivity index (χ1v) is 9.76. The minimum atomic E-state index is -0.101. The fraction of sp³-hybridized carbons (Fsp3) is 0.632. The van der Waals surface area contributed by atoms with E-state index in [1.165, 1.54) is 4.68 Å². The van der Waals surface area contributed by atoms with Gasteiger partial charge in [-0.1, -0.05) is 0 Å². The van der Waals surface area contributed by atoms with Gasteiger partial charge in [-0.25, -0.2) is 19.4 Å². The number of aryl methyl sites for hydroxylation is 2. The number of carbonyl (C=O) groups is 1. The summed E-state index contributed by atoms with van der Waals surface area (Å²) in [4.78, 5) is 36.1. The number of nitrogens with zero attached hydrogens (tertiary/aromatic N) is 6. The predicted octanol–water partition coefficient (Wildman–Crippen LogP) is 1.60. The highest BCUT2D eigenvalue weighted by Gasteiger charge is 2.31. The number of likely N-dealkylation sites (tertiary alicyclic amines) is 1. The molecule has 2 aromatic rings. The standard InChI is InChI=1S/C19H26N6O2/c1-4-25-17(22-23(3)19(25)27)14-6-5-9-24(11-14)18(26)15-10-20-16(13-7-8-13)21-12(15)2/h10,13-14H,4-9,11H2,1-3H3. The molecule has 1 saturated carbocycles. The summed E-state index contributed by atoms with van der Waals surface area (Å²) in [5.74, 6) is 2.16. The summed E-state index contributed by atoms with van der Waals surface area (Å²) in [6.45, 7) is 5.69. The van der Waals surface area contributed by atoms with Crippen molar-refractivity contribution in [1.29, 1.82) is 0 Å². The van der Waals surface area contributed by atoms with Gasteiger partial charge in [0.05, 0.1) is 11.3 Å². The zero-order chi connectivity index (χ0) is 19.1. The Balaban J connectivity index is 1.55. The number of hydrogen-bond acceptors (Lipinski definition) is 5. The Kier molecular flexibility index (Phi) is 4.57. The van der Waals surface area contributed by atoms with Crippen molar-refractivity contribution < 1.29 is 4.79 Å². The molecule has 0 spiro atoms. The molecule has 2 fully saturated rings.